The van der Waals surface area contributed by atoms with Crippen LogP contribution in [0, 0.1) is 17.8 Å². The number of allylic oxidation sites excluding steroid dienone is 2. The molecule has 1 aromatic rings. The monoisotopic (exact) mass is 392 g/mol. The lowest BCUT2D eigenvalue weighted by Gasteiger charge is -2.25. The molecule has 0 radical (unpaired) electrons. The van der Waals surface area contributed by atoms with Crippen molar-refractivity contribution in [2.45, 2.75) is 76.2 Å². The minimum atomic E-state index is -4.29. The quantitative estimate of drug-likeness (QED) is 0.261. The van der Waals surface area contributed by atoms with Gasteiger partial charge < -0.3 is 0 Å². The molecule has 27 heavy (non-hydrogen) atoms. The van der Waals surface area contributed by atoms with Gasteiger partial charge in [-0.2, -0.15) is 13.2 Å². The van der Waals surface area contributed by atoms with Crippen LogP contribution in [-0.4, -0.2) is 8.80 Å². The molecular formula is C23H31F3Si. The van der Waals surface area contributed by atoms with E-state index in [1.165, 1.54) is 75.2 Å². The molecule has 0 aliphatic carbocycles. The predicted octanol–water partition coefficient (Wildman–Crippen LogP) is 7.22. The first-order valence-corrected chi connectivity index (χ1v) is 12.8. The summed E-state index contributed by atoms with van der Waals surface area (Å²) in [5.41, 5.74) is -0.0123. The summed E-state index contributed by atoms with van der Waals surface area (Å²) < 4.78 is 37.6. The molecule has 1 saturated heterocycles. The summed E-state index contributed by atoms with van der Waals surface area (Å²) in [5, 5.41) is 0. The largest absolute Gasteiger partial charge is 0.416 e. The Bertz CT molecular complexity index is 626. The highest BCUT2D eigenvalue weighted by atomic mass is 28.3. The number of rotatable bonds is 7. The van der Waals surface area contributed by atoms with Crippen molar-refractivity contribution >= 4 is 8.80 Å². The summed E-state index contributed by atoms with van der Waals surface area (Å²) in [6.45, 7) is 2.26. The Hall–Kier alpha value is -1.47. The lowest BCUT2D eigenvalue weighted by atomic mass is 10.0. The van der Waals surface area contributed by atoms with E-state index in [1.807, 2.05) is 6.08 Å². The third kappa shape index (κ3) is 8.39. The van der Waals surface area contributed by atoms with E-state index in [1.54, 1.807) is 0 Å². The van der Waals surface area contributed by atoms with Crippen molar-refractivity contribution in [2.24, 2.45) is 5.92 Å². The Balaban J connectivity index is 1.69. The second kappa shape index (κ2) is 11.4. The molecule has 148 valence electrons. The number of unbranched alkanes of at least 4 members (excludes halogenated alkanes) is 4. The van der Waals surface area contributed by atoms with Crippen LogP contribution in [0.1, 0.15) is 63.0 Å². The van der Waals surface area contributed by atoms with Crippen molar-refractivity contribution < 1.29 is 13.2 Å². The minimum Gasteiger partial charge on any atom is -0.166 e. The van der Waals surface area contributed by atoms with Crippen LogP contribution in [0.3, 0.4) is 0 Å². The molecule has 0 atom stereocenters. The molecule has 1 heterocycles. The van der Waals surface area contributed by atoms with Gasteiger partial charge in [-0.25, -0.2) is 0 Å². The predicted molar refractivity (Wildman–Crippen MR) is 111 cm³/mol. The van der Waals surface area contributed by atoms with E-state index in [-0.39, 0.29) is 0 Å². The van der Waals surface area contributed by atoms with Gasteiger partial charge in [0, 0.05) is 14.4 Å². The molecule has 1 aliphatic heterocycles. The summed E-state index contributed by atoms with van der Waals surface area (Å²) in [4.78, 5) is 0. The second-order valence-corrected chi connectivity index (χ2v) is 11.2. The number of benzene rings is 1. The number of hydrogen-bond acceptors (Lipinski definition) is 0. The van der Waals surface area contributed by atoms with Crippen LogP contribution in [-0.2, 0) is 6.18 Å². The van der Waals surface area contributed by atoms with Gasteiger partial charge in [0.05, 0.1) is 5.56 Å². The van der Waals surface area contributed by atoms with Crippen LogP contribution in [0.15, 0.2) is 36.4 Å². The van der Waals surface area contributed by atoms with Crippen molar-refractivity contribution in [2.75, 3.05) is 0 Å². The lowest BCUT2D eigenvalue weighted by molar-refractivity contribution is -0.137. The zero-order valence-corrected chi connectivity index (χ0v) is 17.5. The minimum absolute atomic E-state index is 0.487. The van der Waals surface area contributed by atoms with Gasteiger partial charge >= 0.3 is 6.18 Å². The van der Waals surface area contributed by atoms with E-state index in [0.717, 1.165) is 12.1 Å². The van der Waals surface area contributed by atoms with Gasteiger partial charge in [-0.3, -0.25) is 0 Å². The first kappa shape index (κ1) is 21.8. The SMILES string of the molecule is CCCCCCC[Si@H]1CC[C@H](/C=C/C#Cc2ccc(C(F)(F)F)cc2)CC1. The fraction of sp³-hybridized carbons (Fsp3) is 0.565. The summed E-state index contributed by atoms with van der Waals surface area (Å²) in [5.74, 6) is 6.53. The highest BCUT2D eigenvalue weighted by Crippen LogP contribution is 2.30. The highest BCUT2D eigenvalue weighted by Gasteiger charge is 2.29. The van der Waals surface area contributed by atoms with Crippen LogP contribution in [0.4, 0.5) is 13.2 Å². The third-order valence-electron chi connectivity index (χ3n) is 5.49. The molecule has 0 saturated carbocycles. The summed E-state index contributed by atoms with van der Waals surface area (Å²) in [6, 6.07) is 9.46. The van der Waals surface area contributed by atoms with Gasteiger partial charge in [-0.15, -0.1) is 0 Å². The van der Waals surface area contributed by atoms with Crippen LogP contribution >= 0.6 is 0 Å². The Labute approximate surface area is 163 Å². The second-order valence-electron chi connectivity index (χ2n) is 7.69. The van der Waals surface area contributed by atoms with Crippen molar-refractivity contribution in [1.82, 2.24) is 0 Å². The molecule has 2 rings (SSSR count). The first-order valence-electron chi connectivity index (χ1n) is 10.3. The third-order valence-corrected chi connectivity index (χ3v) is 9.01. The maximum atomic E-state index is 12.5. The van der Waals surface area contributed by atoms with Crippen molar-refractivity contribution in [1.29, 1.82) is 0 Å². The zero-order valence-electron chi connectivity index (χ0n) is 16.3. The van der Waals surface area contributed by atoms with Gasteiger partial charge in [0.25, 0.3) is 0 Å². The van der Waals surface area contributed by atoms with Crippen molar-refractivity contribution in [3.8, 4) is 11.8 Å². The zero-order chi connectivity index (χ0) is 19.5. The molecule has 0 N–H and O–H groups in total. The maximum Gasteiger partial charge on any atom is 0.416 e. The first-order chi connectivity index (χ1) is 13.0. The Morgan fingerprint density at radius 3 is 2.33 bits per heavy atom. The topological polar surface area (TPSA) is 0 Å². The fourth-order valence-corrected chi connectivity index (χ4v) is 7.29. The average molecular weight is 393 g/mol. The molecule has 0 aromatic heterocycles. The molecule has 0 nitrogen and oxygen atoms in total. The number of hydrogen-bond donors (Lipinski definition) is 0. The van der Waals surface area contributed by atoms with E-state index in [9.17, 15) is 13.2 Å². The smallest absolute Gasteiger partial charge is 0.166 e. The fourth-order valence-electron chi connectivity index (χ4n) is 3.76. The van der Waals surface area contributed by atoms with E-state index >= 15 is 0 Å². The molecular weight excluding hydrogens is 361 g/mol. The summed E-state index contributed by atoms with van der Waals surface area (Å²) in [6.07, 6.45) is 9.34. The number of halogens is 3. The molecule has 1 aromatic carbocycles. The van der Waals surface area contributed by atoms with Gasteiger partial charge in [0.15, 0.2) is 0 Å². The Kier molecular flexibility index (Phi) is 9.20. The van der Waals surface area contributed by atoms with E-state index in [4.69, 9.17) is 0 Å². The van der Waals surface area contributed by atoms with E-state index in [2.05, 4.69) is 24.8 Å². The Morgan fingerprint density at radius 2 is 1.70 bits per heavy atom. The number of alkyl halides is 3. The Morgan fingerprint density at radius 1 is 1.04 bits per heavy atom. The van der Waals surface area contributed by atoms with Crippen LogP contribution in [0.2, 0.25) is 18.1 Å². The lowest BCUT2D eigenvalue weighted by Crippen LogP contribution is -2.20. The van der Waals surface area contributed by atoms with Gasteiger partial charge in [-0.05, 0) is 49.1 Å². The van der Waals surface area contributed by atoms with Crippen LogP contribution < -0.4 is 0 Å². The summed E-state index contributed by atoms with van der Waals surface area (Å²) in [7, 11) is -0.487. The molecule has 0 spiro atoms. The van der Waals surface area contributed by atoms with Crippen LogP contribution in [0.5, 0.6) is 0 Å². The highest BCUT2D eigenvalue weighted by molar-refractivity contribution is 6.58. The van der Waals surface area contributed by atoms with Crippen molar-refractivity contribution in [3.05, 3.63) is 47.5 Å². The standard InChI is InChI=1S/C23H31F3Si/c1-2-3-4-5-8-17-27-18-15-21(16-19-27)10-7-6-9-20-11-13-22(14-12-20)23(24,25)26/h7,10-14,21,27H,2-5,8,15-19H2,1H3/b10-7+/t21-,27-. The molecule has 0 amide bonds. The van der Waals surface area contributed by atoms with E-state index in [0.29, 0.717) is 11.5 Å². The molecule has 4 heteroatoms. The molecule has 1 fully saturated rings. The van der Waals surface area contributed by atoms with E-state index < -0.39 is 20.5 Å². The molecule has 0 unspecified atom stereocenters. The molecule has 0 bridgehead atoms. The molecule has 1 aliphatic rings. The average Bonchev–Trinajstić information content (AvgIpc) is 2.66. The summed E-state index contributed by atoms with van der Waals surface area (Å²) >= 11 is 0. The van der Waals surface area contributed by atoms with Gasteiger partial charge in [-0.1, -0.05) is 75.1 Å². The van der Waals surface area contributed by atoms with Gasteiger partial charge in [0.1, 0.15) is 0 Å². The normalized spacial score (nSPS) is 20.4. The van der Waals surface area contributed by atoms with Crippen LogP contribution in [0.25, 0.3) is 0 Å². The van der Waals surface area contributed by atoms with Crippen molar-refractivity contribution in [3.63, 3.8) is 0 Å². The maximum absolute atomic E-state index is 12.5. The van der Waals surface area contributed by atoms with Gasteiger partial charge in [0.2, 0.25) is 0 Å².